The third-order valence-electron chi connectivity index (χ3n) is 7.50. The van der Waals surface area contributed by atoms with Gasteiger partial charge < -0.3 is 25.4 Å². The van der Waals surface area contributed by atoms with Crippen LogP contribution in [0.1, 0.15) is 70.1 Å². The number of carbonyl (C=O) groups excluding carboxylic acids is 1. The summed E-state index contributed by atoms with van der Waals surface area (Å²) in [6.07, 6.45) is 8.77. The Hall–Kier alpha value is -2.35. The number of aryl methyl sites for hydroxylation is 2. The van der Waals surface area contributed by atoms with Gasteiger partial charge in [0.15, 0.2) is 0 Å². The van der Waals surface area contributed by atoms with Crippen LogP contribution in [0.2, 0.25) is 0 Å². The molecule has 0 unspecified atom stereocenters. The summed E-state index contributed by atoms with van der Waals surface area (Å²) < 4.78 is 5.91. The number of ether oxygens (including phenoxy) is 1. The molecule has 33 heavy (non-hydrogen) atoms. The standard InChI is InChI=1S/C25H38N4O4/c1-16-5-6-17(2)29(16)25(32)28-22(24(30)31)11-13-33-21-14-18(15-21)7-9-20-10-8-19-4-3-12-26-23(19)27-20/h8,10,16-18,21-22H,3-7,9,11-15H2,1-2H3,(H,26,27)(H,28,32)(H,30,31)/t16-,17+,18?,21?,22-/m0/s1. The molecule has 0 bridgehead atoms. The molecule has 8 nitrogen and oxygen atoms in total. The van der Waals surface area contributed by atoms with Gasteiger partial charge in [0.25, 0.3) is 0 Å². The van der Waals surface area contributed by atoms with Crippen LogP contribution < -0.4 is 10.6 Å². The maximum absolute atomic E-state index is 12.6. The number of likely N-dealkylation sites (tertiary alicyclic amines) is 1. The molecule has 4 rings (SSSR count). The second-order valence-electron chi connectivity index (χ2n) is 10.0. The molecule has 2 amide bonds. The van der Waals surface area contributed by atoms with Gasteiger partial charge in [0, 0.05) is 37.4 Å². The second kappa shape index (κ2) is 10.7. The molecule has 3 N–H and O–H groups in total. The summed E-state index contributed by atoms with van der Waals surface area (Å²) in [4.78, 5) is 30.7. The van der Waals surface area contributed by atoms with Crippen LogP contribution in [0.4, 0.5) is 10.6 Å². The van der Waals surface area contributed by atoms with Crippen LogP contribution in [0.3, 0.4) is 0 Å². The lowest BCUT2D eigenvalue weighted by molar-refractivity contribution is -0.140. The summed E-state index contributed by atoms with van der Waals surface area (Å²) in [7, 11) is 0. The molecule has 0 aromatic carbocycles. The lowest BCUT2D eigenvalue weighted by atomic mass is 9.79. The van der Waals surface area contributed by atoms with Gasteiger partial charge in [0.1, 0.15) is 11.9 Å². The van der Waals surface area contributed by atoms with Crippen molar-refractivity contribution in [3.63, 3.8) is 0 Å². The quantitative estimate of drug-likeness (QED) is 0.522. The minimum atomic E-state index is -1.01. The molecule has 3 aliphatic rings. The fourth-order valence-electron chi connectivity index (χ4n) is 5.34. The number of carboxylic acid groups (broad SMARTS) is 1. The topological polar surface area (TPSA) is 104 Å². The first-order chi connectivity index (χ1) is 15.9. The first kappa shape index (κ1) is 23.8. The molecule has 3 atom stereocenters. The molecule has 2 fully saturated rings. The highest BCUT2D eigenvalue weighted by atomic mass is 16.5. The van der Waals surface area contributed by atoms with Gasteiger partial charge in [-0.25, -0.2) is 14.6 Å². The normalized spacial score (nSPS) is 27.3. The van der Waals surface area contributed by atoms with Crippen LogP contribution in [0, 0.1) is 5.92 Å². The number of fused-ring (bicyclic) bond motifs is 1. The van der Waals surface area contributed by atoms with E-state index in [2.05, 4.69) is 22.8 Å². The number of rotatable bonds is 9. The van der Waals surface area contributed by atoms with E-state index in [1.54, 1.807) is 4.90 Å². The number of pyridine rings is 1. The molecule has 1 aliphatic carbocycles. The summed E-state index contributed by atoms with van der Waals surface area (Å²) in [5.41, 5.74) is 2.47. The Morgan fingerprint density at radius 3 is 2.76 bits per heavy atom. The maximum Gasteiger partial charge on any atom is 0.326 e. The van der Waals surface area contributed by atoms with Crippen LogP contribution in [0.5, 0.6) is 0 Å². The molecule has 1 saturated carbocycles. The van der Waals surface area contributed by atoms with Gasteiger partial charge >= 0.3 is 12.0 Å². The third kappa shape index (κ3) is 5.96. The number of aliphatic carboxylic acids is 1. The van der Waals surface area contributed by atoms with Crippen LogP contribution in [0.25, 0.3) is 0 Å². The van der Waals surface area contributed by atoms with Crippen molar-refractivity contribution in [2.24, 2.45) is 5.92 Å². The SMILES string of the molecule is C[C@@H]1CC[C@H](C)N1C(=O)N[C@@H](CCOC1CC(CCc2ccc3c(n2)NCCC3)C1)C(=O)O. The predicted molar refractivity (Wildman–Crippen MR) is 126 cm³/mol. The minimum absolute atomic E-state index is 0.144. The number of urea groups is 1. The Labute approximate surface area is 196 Å². The summed E-state index contributed by atoms with van der Waals surface area (Å²) in [6, 6.07) is 3.45. The zero-order valence-electron chi connectivity index (χ0n) is 19.9. The number of nitrogens with zero attached hydrogens (tertiary/aromatic N) is 2. The van der Waals surface area contributed by atoms with Crippen LogP contribution in [0.15, 0.2) is 12.1 Å². The number of carbonyl (C=O) groups is 2. The molecule has 1 aromatic heterocycles. The van der Waals surface area contributed by atoms with E-state index >= 15 is 0 Å². The van der Waals surface area contributed by atoms with Gasteiger partial charge in [-0.15, -0.1) is 0 Å². The van der Waals surface area contributed by atoms with Crippen molar-refractivity contribution in [2.75, 3.05) is 18.5 Å². The molecule has 1 saturated heterocycles. The number of hydrogen-bond donors (Lipinski definition) is 3. The summed E-state index contributed by atoms with van der Waals surface area (Å²) in [5.74, 6) is 0.682. The van der Waals surface area contributed by atoms with Gasteiger partial charge in [-0.1, -0.05) is 6.07 Å². The monoisotopic (exact) mass is 458 g/mol. The highest BCUT2D eigenvalue weighted by molar-refractivity contribution is 5.83. The van der Waals surface area contributed by atoms with Crippen molar-refractivity contribution in [3.8, 4) is 0 Å². The first-order valence-electron chi connectivity index (χ1n) is 12.6. The molecular formula is C25H38N4O4. The van der Waals surface area contributed by atoms with Gasteiger partial charge in [0.05, 0.1) is 6.10 Å². The van der Waals surface area contributed by atoms with Gasteiger partial charge in [-0.2, -0.15) is 0 Å². The Morgan fingerprint density at radius 1 is 1.27 bits per heavy atom. The van der Waals surface area contributed by atoms with E-state index in [9.17, 15) is 14.7 Å². The maximum atomic E-state index is 12.6. The molecule has 3 heterocycles. The second-order valence-corrected chi connectivity index (χ2v) is 10.0. The highest BCUT2D eigenvalue weighted by Crippen LogP contribution is 2.34. The fourth-order valence-corrected chi connectivity index (χ4v) is 5.34. The van der Waals surface area contributed by atoms with Gasteiger partial charge in [0.2, 0.25) is 0 Å². The van der Waals surface area contributed by atoms with Crippen molar-refractivity contribution in [1.29, 1.82) is 0 Å². The molecule has 0 spiro atoms. The Kier molecular flexibility index (Phi) is 7.73. The van der Waals surface area contributed by atoms with Crippen LogP contribution in [-0.4, -0.2) is 64.4 Å². The predicted octanol–water partition coefficient (Wildman–Crippen LogP) is 3.59. The molecule has 1 aromatic rings. The number of carboxylic acids is 1. The third-order valence-corrected chi connectivity index (χ3v) is 7.50. The Bertz CT molecular complexity index is 832. The lowest BCUT2D eigenvalue weighted by Gasteiger charge is -2.35. The van der Waals surface area contributed by atoms with Crippen molar-refractivity contribution in [3.05, 3.63) is 23.4 Å². The molecule has 2 aliphatic heterocycles. The van der Waals surface area contributed by atoms with Crippen molar-refractivity contribution in [2.45, 2.75) is 95.9 Å². The Balaban J connectivity index is 1.13. The number of nitrogens with one attached hydrogen (secondary N) is 2. The number of anilines is 1. The average molecular weight is 459 g/mol. The van der Waals surface area contributed by atoms with E-state index in [1.807, 2.05) is 13.8 Å². The average Bonchev–Trinajstić information content (AvgIpc) is 3.11. The molecule has 0 radical (unpaired) electrons. The zero-order valence-corrected chi connectivity index (χ0v) is 19.9. The van der Waals surface area contributed by atoms with E-state index < -0.39 is 12.0 Å². The largest absolute Gasteiger partial charge is 0.480 e. The smallest absolute Gasteiger partial charge is 0.326 e. The van der Waals surface area contributed by atoms with E-state index in [1.165, 1.54) is 12.0 Å². The van der Waals surface area contributed by atoms with Gasteiger partial charge in [-0.05, 0) is 82.8 Å². The van der Waals surface area contributed by atoms with Crippen molar-refractivity contribution >= 4 is 17.8 Å². The number of amides is 2. The summed E-state index contributed by atoms with van der Waals surface area (Å²) in [6.45, 7) is 5.37. The number of aromatic nitrogens is 1. The molecule has 8 heteroatoms. The van der Waals surface area contributed by atoms with E-state index in [4.69, 9.17) is 9.72 Å². The first-order valence-corrected chi connectivity index (χ1v) is 12.6. The minimum Gasteiger partial charge on any atom is -0.480 e. The summed E-state index contributed by atoms with van der Waals surface area (Å²) in [5, 5.41) is 15.6. The Morgan fingerprint density at radius 2 is 2.03 bits per heavy atom. The van der Waals surface area contributed by atoms with E-state index in [0.717, 1.165) is 63.0 Å². The van der Waals surface area contributed by atoms with Crippen molar-refractivity contribution in [1.82, 2.24) is 15.2 Å². The van der Waals surface area contributed by atoms with E-state index in [-0.39, 0.29) is 30.6 Å². The van der Waals surface area contributed by atoms with Crippen LogP contribution in [-0.2, 0) is 22.4 Å². The van der Waals surface area contributed by atoms with Crippen molar-refractivity contribution < 1.29 is 19.4 Å². The van der Waals surface area contributed by atoms with E-state index in [0.29, 0.717) is 12.5 Å². The summed E-state index contributed by atoms with van der Waals surface area (Å²) >= 11 is 0. The van der Waals surface area contributed by atoms with Crippen LogP contribution >= 0.6 is 0 Å². The highest BCUT2D eigenvalue weighted by Gasteiger charge is 2.34. The molecule has 182 valence electrons. The lowest BCUT2D eigenvalue weighted by Crippen LogP contribution is -2.51. The van der Waals surface area contributed by atoms with Gasteiger partial charge in [-0.3, -0.25) is 0 Å². The molecular weight excluding hydrogens is 420 g/mol. The zero-order chi connectivity index (χ0) is 23.4. The number of hydrogen-bond acceptors (Lipinski definition) is 5. The fraction of sp³-hybridized carbons (Fsp3) is 0.720.